The third kappa shape index (κ3) is 4.00. The molecule has 5 heteroatoms. The first-order chi connectivity index (χ1) is 10.8. The summed E-state index contributed by atoms with van der Waals surface area (Å²) in [5.74, 6) is -0.240. The van der Waals surface area contributed by atoms with Crippen LogP contribution in [0.2, 0.25) is 18.1 Å². The van der Waals surface area contributed by atoms with Crippen molar-refractivity contribution in [1.82, 2.24) is 0 Å². The van der Waals surface area contributed by atoms with E-state index in [2.05, 4.69) is 63.6 Å². The minimum absolute atomic E-state index is 0.108. The number of hydrogen-bond acceptors (Lipinski definition) is 2. The molecule has 0 radical (unpaired) electrons. The van der Waals surface area contributed by atoms with Crippen LogP contribution in [0.15, 0.2) is 27.7 Å². The van der Waals surface area contributed by atoms with Gasteiger partial charge >= 0.3 is 0 Å². The first kappa shape index (κ1) is 19.8. The van der Waals surface area contributed by atoms with Crippen LogP contribution in [0.3, 0.4) is 0 Å². The summed E-state index contributed by atoms with van der Waals surface area (Å²) in [6.07, 6.45) is 1.80. The number of halogens is 2. The summed E-state index contributed by atoms with van der Waals surface area (Å²) in [4.78, 5) is 4.92. The van der Waals surface area contributed by atoms with Crippen molar-refractivity contribution in [3.63, 3.8) is 0 Å². The smallest absolute Gasteiger partial charge is 0.192 e. The quantitative estimate of drug-likeness (QED) is 0.527. The van der Waals surface area contributed by atoms with Crippen molar-refractivity contribution in [2.24, 2.45) is 4.99 Å². The van der Waals surface area contributed by atoms with E-state index in [9.17, 15) is 4.39 Å². The lowest BCUT2D eigenvalue weighted by Gasteiger charge is -2.44. The average molecular weight is 414 g/mol. The summed E-state index contributed by atoms with van der Waals surface area (Å²) >= 11 is 3.36. The monoisotopic (exact) mass is 413 g/mol. The van der Waals surface area contributed by atoms with E-state index in [1.165, 1.54) is 6.07 Å². The normalized spacial score (nSPS) is 19.5. The predicted molar refractivity (Wildman–Crippen MR) is 106 cm³/mol. The molecule has 0 saturated carbocycles. The molecule has 2 nitrogen and oxygen atoms in total. The summed E-state index contributed by atoms with van der Waals surface area (Å²) in [6.45, 7) is 15.6. The van der Waals surface area contributed by atoms with Gasteiger partial charge in [-0.1, -0.05) is 32.9 Å². The number of hydrogen-bond donors (Lipinski definition) is 0. The zero-order valence-electron chi connectivity index (χ0n) is 15.8. The molecule has 1 aromatic rings. The Morgan fingerprint density at radius 1 is 1.21 bits per heavy atom. The Morgan fingerprint density at radius 2 is 1.83 bits per heavy atom. The van der Waals surface area contributed by atoms with E-state index < -0.39 is 8.32 Å². The van der Waals surface area contributed by atoms with Gasteiger partial charge in [-0.15, -0.1) is 0 Å². The highest BCUT2D eigenvalue weighted by molar-refractivity contribution is 9.10. The van der Waals surface area contributed by atoms with Crippen LogP contribution in [0.5, 0.6) is 0 Å². The third-order valence-electron chi connectivity index (χ3n) is 5.36. The molecule has 1 aliphatic rings. The van der Waals surface area contributed by atoms with Gasteiger partial charge in [-0.2, -0.15) is 0 Å². The van der Waals surface area contributed by atoms with E-state index in [0.29, 0.717) is 4.47 Å². The second-order valence-corrected chi connectivity index (χ2v) is 14.2. The zero-order chi connectivity index (χ0) is 18.3. The summed E-state index contributed by atoms with van der Waals surface area (Å²) in [6, 6.07) is 5.24. The van der Waals surface area contributed by atoms with Gasteiger partial charge < -0.3 is 4.43 Å². The van der Waals surface area contributed by atoms with Crippen molar-refractivity contribution in [2.75, 3.05) is 0 Å². The second kappa shape index (κ2) is 6.65. The number of rotatable bonds is 4. The molecule has 0 unspecified atom stereocenters. The molecular formula is C19H29BrFNOSi. The Bertz CT molecular complexity index is 649. The van der Waals surface area contributed by atoms with Gasteiger partial charge in [0.05, 0.1) is 16.1 Å². The van der Waals surface area contributed by atoms with Gasteiger partial charge in [0.2, 0.25) is 0 Å². The highest BCUT2D eigenvalue weighted by Gasteiger charge is 2.45. The highest BCUT2D eigenvalue weighted by Crippen LogP contribution is 2.41. The average Bonchev–Trinajstić information content (AvgIpc) is 2.89. The Balaban J connectivity index is 2.25. The predicted octanol–water partition coefficient (Wildman–Crippen LogP) is 6.34. The van der Waals surface area contributed by atoms with E-state index in [1.54, 1.807) is 6.07 Å². The maximum absolute atomic E-state index is 13.8. The van der Waals surface area contributed by atoms with Crippen LogP contribution in [0, 0.1) is 5.82 Å². The maximum atomic E-state index is 13.8. The molecule has 1 aliphatic heterocycles. The van der Waals surface area contributed by atoms with Crippen LogP contribution in [0.25, 0.3) is 0 Å². The Hall–Kier alpha value is -0.523. The topological polar surface area (TPSA) is 21.6 Å². The first-order valence-electron chi connectivity index (χ1n) is 8.56. The van der Waals surface area contributed by atoms with Gasteiger partial charge in [0.25, 0.3) is 0 Å². The highest BCUT2D eigenvalue weighted by atomic mass is 79.9. The molecule has 1 heterocycles. The van der Waals surface area contributed by atoms with Crippen LogP contribution < -0.4 is 0 Å². The number of nitrogens with zero attached hydrogens (tertiary/aromatic N) is 1. The molecule has 0 bridgehead atoms. The second-order valence-electron chi connectivity index (χ2n) is 8.70. The fourth-order valence-electron chi connectivity index (χ4n) is 2.90. The van der Waals surface area contributed by atoms with E-state index in [1.807, 2.05) is 6.07 Å². The van der Waals surface area contributed by atoms with Gasteiger partial charge in [0.1, 0.15) is 5.82 Å². The van der Waals surface area contributed by atoms with Gasteiger partial charge in [0, 0.05) is 11.3 Å². The molecule has 0 aliphatic carbocycles. The van der Waals surface area contributed by atoms with E-state index in [4.69, 9.17) is 9.42 Å². The molecular weight excluding hydrogens is 385 g/mol. The van der Waals surface area contributed by atoms with E-state index in [-0.39, 0.29) is 22.5 Å². The zero-order valence-corrected chi connectivity index (χ0v) is 18.4. The van der Waals surface area contributed by atoms with Gasteiger partial charge in [-0.05, 0) is 66.8 Å². The van der Waals surface area contributed by atoms with E-state index >= 15 is 0 Å². The Kier molecular flexibility index (Phi) is 5.49. The Labute approximate surface area is 155 Å². The fraction of sp³-hybridized carbons (Fsp3) is 0.632. The molecule has 2 rings (SSSR count). The van der Waals surface area contributed by atoms with Crippen molar-refractivity contribution >= 4 is 30.0 Å². The number of aliphatic imine (C=N–C) groups is 1. The van der Waals surface area contributed by atoms with Gasteiger partial charge in [-0.25, -0.2) is 4.39 Å². The van der Waals surface area contributed by atoms with Crippen molar-refractivity contribution in [1.29, 1.82) is 0 Å². The van der Waals surface area contributed by atoms with Crippen molar-refractivity contribution in [3.05, 3.63) is 34.1 Å². The van der Waals surface area contributed by atoms with Gasteiger partial charge in [-0.3, -0.25) is 4.99 Å². The molecule has 1 aromatic carbocycles. The molecule has 0 fully saturated rings. The summed E-state index contributed by atoms with van der Waals surface area (Å²) in [5.41, 5.74) is 1.52. The van der Waals surface area contributed by atoms with Crippen molar-refractivity contribution in [3.8, 4) is 0 Å². The largest absolute Gasteiger partial charge is 0.410 e. The molecule has 1 atom stereocenters. The van der Waals surface area contributed by atoms with Crippen molar-refractivity contribution < 1.29 is 8.82 Å². The molecule has 134 valence electrons. The van der Waals surface area contributed by atoms with Crippen LogP contribution >= 0.6 is 15.9 Å². The Morgan fingerprint density at radius 3 is 2.42 bits per heavy atom. The van der Waals surface area contributed by atoms with Crippen LogP contribution in [0.4, 0.5) is 4.39 Å². The molecule has 24 heavy (non-hydrogen) atoms. The summed E-state index contributed by atoms with van der Waals surface area (Å²) in [7, 11) is -1.87. The fourth-order valence-corrected chi connectivity index (χ4v) is 5.15. The lowest BCUT2D eigenvalue weighted by Crippen LogP contribution is -2.51. The minimum atomic E-state index is -1.87. The summed E-state index contributed by atoms with van der Waals surface area (Å²) < 4.78 is 21.0. The minimum Gasteiger partial charge on any atom is -0.410 e. The molecule has 0 saturated heterocycles. The standard InChI is InChI=1S/C19H29BrFNOSi/c1-18(2,3)24(6,7)23-19(4,5)16-12-11-15(22-16)13-9-8-10-14(21)17(13)20/h8-10,16H,11-12H2,1-7H3/t16-/m1/s1. The van der Waals surface area contributed by atoms with Crippen LogP contribution in [-0.4, -0.2) is 25.7 Å². The van der Waals surface area contributed by atoms with Gasteiger partial charge in [0.15, 0.2) is 8.32 Å². The molecule has 0 amide bonds. The number of benzene rings is 1. The van der Waals surface area contributed by atoms with Crippen LogP contribution in [0.1, 0.15) is 53.0 Å². The maximum Gasteiger partial charge on any atom is 0.192 e. The summed E-state index contributed by atoms with van der Waals surface area (Å²) in [5, 5.41) is 0.168. The first-order valence-corrected chi connectivity index (χ1v) is 12.3. The van der Waals surface area contributed by atoms with E-state index in [0.717, 1.165) is 24.1 Å². The third-order valence-corrected chi connectivity index (χ3v) is 10.8. The molecule has 0 spiro atoms. The van der Waals surface area contributed by atoms with Crippen molar-refractivity contribution in [2.45, 2.75) is 77.2 Å². The molecule has 0 aromatic heterocycles. The van der Waals surface area contributed by atoms with Crippen LogP contribution in [-0.2, 0) is 4.43 Å². The lowest BCUT2D eigenvalue weighted by molar-refractivity contribution is 0.0651. The molecule has 0 N–H and O–H groups in total. The SMILES string of the molecule is CC(C)(O[Si](C)(C)C(C)(C)C)[C@H]1CCC(c2cccc(F)c2Br)=N1. The lowest BCUT2D eigenvalue weighted by atomic mass is 9.97.